The average molecular weight is 988 g/mol. The molecule has 6 saturated heterocycles. The minimum absolute atomic E-state index is 0.505. The molecular formula is C54H52Cl2N4O10. The van der Waals surface area contributed by atoms with Gasteiger partial charge in [-0.25, -0.2) is 9.97 Å². The molecule has 0 amide bonds. The summed E-state index contributed by atoms with van der Waals surface area (Å²) < 4.78 is 66.5. The van der Waals surface area contributed by atoms with Crippen LogP contribution >= 0.6 is 23.2 Å². The Hall–Kier alpha value is -4.78. The van der Waals surface area contributed by atoms with Crippen LogP contribution in [0.1, 0.15) is 102 Å². The lowest BCUT2D eigenvalue weighted by Gasteiger charge is -2.37. The first-order chi connectivity index (χ1) is 33.3. The number of nitrogens with zero attached hydrogens (tertiary/aromatic N) is 2. The lowest BCUT2D eigenvalue weighted by atomic mass is 9.92. The summed E-state index contributed by atoms with van der Waals surface area (Å²) in [5.41, 5.74) is 10.7. The number of ether oxygens (including phenoxy) is 10. The first kappa shape index (κ1) is 45.1. The highest BCUT2D eigenvalue weighted by atomic mass is 35.5. The van der Waals surface area contributed by atoms with Crippen molar-refractivity contribution in [3.8, 4) is 22.3 Å². The van der Waals surface area contributed by atoms with E-state index in [-0.39, 0.29) is 0 Å². The van der Waals surface area contributed by atoms with Crippen LogP contribution in [0.5, 0.6) is 0 Å². The molecule has 0 unspecified atom stereocenters. The monoisotopic (exact) mass is 986 g/mol. The molecule has 8 aliphatic heterocycles. The van der Waals surface area contributed by atoms with E-state index in [4.69, 9.17) is 80.5 Å². The summed E-state index contributed by atoms with van der Waals surface area (Å²) >= 11 is 13.1. The average Bonchev–Trinajstić information content (AvgIpc) is 4.16. The van der Waals surface area contributed by atoms with Crippen LogP contribution in [0.25, 0.3) is 68.6 Å². The predicted molar refractivity (Wildman–Crippen MR) is 263 cm³/mol. The first-order valence-electron chi connectivity index (χ1n) is 23.8. The molecule has 0 saturated carbocycles. The minimum atomic E-state index is -0.944. The van der Waals surface area contributed by atoms with Crippen molar-refractivity contribution in [1.82, 2.24) is 19.9 Å². The van der Waals surface area contributed by atoms with Gasteiger partial charge in [0.2, 0.25) is 0 Å². The quantitative estimate of drug-likeness (QED) is 0.173. The van der Waals surface area contributed by atoms with Crippen LogP contribution in [0.3, 0.4) is 0 Å². The van der Waals surface area contributed by atoms with E-state index >= 15 is 0 Å². The number of halogens is 2. The van der Waals surface area contributed by atoms with Crippen molar-refractivity contribution in [3.05, 3.63) is 117 Å². The van der Waals surface area contributed by atoms with Crippen molar-refractivity contribution in [1.29, 1.82) is 0 Å². The van der Waals surface area contributed by atoms with E-state index in [1.54, 1.807) is 0 Å². The third-order valence-electron chi connectivity index (χ3n) is 14.0. The van der Waals surface area contributed by atoms with E-state index in [1.165, 1.54) is 0 Å². The second kappa shape index (κ2) is 15.9. The van der Waals surface area contributed by atoms with Gasteiger partial charge in [-0.15, -0.1) is 0 Å². The number of rotatable bonds is 4. The van der Waals surface area contributed by atoms with Gasteiger partial charge in [0, 0.05) is 54.4 Å². The van der Waals surface area contributed by atoms with Crippen LogP contribution in [-0.4, -0.2) is 92.3 Å². The van der Waals surface area contributed by atoms with Crippen LogP contribution in [0.4, 0.5) is 0 Å². The van der Waals surface area contributed by atoms with E-state index in [0.29, 0.717) is 38.4 Å². The first-order valence-corrected chi connectivity index (χ1v) is 24.5. The topological polar surface area (TPSA) is 150 Å². The number of benzene rings is 2. The molecule has 14 nitrogen and oxygen atoms in total. The van der Waals surface area contributed by atoms with Gasteiger partial charge in [0.1, 0.15) is 48.8 Å². The smallest absolute Gasteiger partial charge is 0.190 e. The number of hydrogen-bond acceptors (Lipinski definition) is 12. The number of aromatic nitrogens is 4. The molecule has 8 bridgehead atoms. The second-order valence-corrected chi connectivity index (χ2v) is 21.6. The second-order valence-electron chi connectivity index (χ2n) is 20.8. The van der Waals surface area contributed by atoms with E-state index in [9.17, 15) is 0 Å². The van der Waals surface area contributed by atoms with Crippen molar-refractivity contribution in [2.45, 2.75) is 140 Å². The maximum Gasteiger partial charge on any atom is 0.190 e. The third-order valence-corrected chi connectivity index (χ3v) is 14.5. The Balaban J connectivity index is 1.11. The molecule has 8 aliphatic rings. The molecule has 362 valence electrons. The minimum Gasteiger partial charge on any atom is -0.355 e. The van der Waals surface area contributed by atoms with Gasteiger partial charge in [-0.2, -0.15) is 0 Å². The molecule has 10 atom stereocenters. The van der Waals surface area contributed by atoms with Crippen LogP contribution in [0, 0.1) is 0 Å². The normalized spacial score (nSPS) is 31.6. The fourth-order valence-corrected chi connectivity index (χ4v) is 11.6. The molecule has 2 N–H and O–H groups in total. The van der Waals surface area contributed by atoms with Gasteiger partial charge in [-0.3, -0.25) is 0 Å². The van der Waals surface area contributed by atoms with Crippen molar-refractivity contribution < 1.29 is 47.4 Å². The number of nitrogens with one attached hydrogen (secondary N) is 2. The van der Waals surface area contributed by atoms with Crippen molar-refractivity contribution in [2.24, 2.45) is 0 Å². The molecular weight excluding hydrogens is 936 g/mol. The summed E-state index contributed by atoms with van der Waals surface area (Å²) in [6.07, 6.45) is 1.84. The number of fused-ring (bicyclic) bond motifs is 14. The Morgan fingerprint density at radius 1 is 0.386 bits per heavy atom. The summed E-state index contributed by atoms with van der Waals surface area (Å²) in [6, 6.07) is 23.8. The lowest BCUT2D eigenvalue weighted by Crippen LogP contribution is -2.51. The maximum absolute atomic E-state index is 7.03. The summed E-state index contributed by atoms with van der Waals surface area (Å²) in [6.45, 7) is 15.2. The molecule has 3 aromatic heterocycles. The zero-order chi connectivity index (χ0) is 48.2. The Kier molecular flexibility index (Phi) is 10.2. The molecule has 13 rings (SSSR count). The Labute approximate surface area is 414 Å². The van der Waals surface area contributed by atoms with E-state index < -0.39 is 84.6 Å². The number of hydrogen-bond donors (Lipinski definition) is 2. The highest BCUT2D eigenvalue weighted by Crippen LogP contribution is 2.52. The standard InChI is InChI=1S/C54H52Cl2N4O10/c1-51(2)63-43-41(61-49-47(45(43)65-51)67-53(5,6)69-49)39-33-21-17-29(57-33)37(25-9-13-27(55)14-10-25)31-19-23-35(59-31)40(42-44-46(66-52(3,4)64-44)48-50(62-42)70-54(7,8)68-48)36-24-20-32(60-36)38(30-18-22-34(39)58-30)26-11-15-28(56)16-12-26/h9-24,41-50,57-58H,1-8H3/t41-,42-,43+,44+,45+,46+,47-,48-,49-,50-/m1/s1. The van der Waals surface area contributed by atoms with Crippen molar-refractivity contribution in [3.63, 3.8) is 0 Å². The van der Waals surface area contributed by atoms with Crippen LogP contribution < -0.4 is 0 Å². The van der Waals surface area contributed by atoms with Crippen molar-refractivity contribution in [2.75, 3.05) is 0 Å². The van der Waals surface area contributed by atoms with Crippen LogP contribution in [0.15, 0.2) is 72.8 Å². The predicted octanol–water partition coefficient (Wildman–Crippen LogP) is 11.4. The molecule has 16 heteroatoms. The van der Waals surface area contributed by atoms with Gasteiger partial charge in [0.15, 0.2) is 35.7 Å². The fourth-order valence-electron chi connectivity index (χ4n) is 11.4. The highest BCUT2D eigenvalue weighted by Gasteiger charge is 2.63. The van der Waals surface area contributed by atoms with Gasteiger partial charge >= 0.3 is 0 Å². The molecule has 2 aromatic carbocycles. The summed E-state index contributed by atoms with van der Waals surface area (Å²) in [7, 11) is 0. The molecule has 0 spiro atoms. The van der Waals surface area contributed by atoms with Gasteiger partial charge in [0.05, 0.1) is 22.8 Å². The van der Waals surface area contributed by atoms with Gasteiger partial charge in [-0.05, 0) is 139 Å². The number of aromatic amines is 2. The van der Waals surface area contributed by atoms with Crippen LogP contribution in [-0.2, 0) is 47.4 Å². The summed E-state index contributed by atoms with van der Waals surface area (Å²) in [4.78, 5) is 18.6. The molecule has 11 heterocycles. The Morgan fingerprint density at radius 2 is 0.729 bits per heavy atom. The van der Waals surface area contributed by atoms with Gasteiger partial charge in [0.25, 0.3) is 0 Å². The van der Waals surface area contributed by atoms with Crippen LogP contribution in [0.2, 0.25) is 10.0 Å². The lowest BCUT2D eigenvalue weighted by molar-refractivity contribution is -0.236. The largest absolute Gasteiger partial charge is 0.355 e. The molecule has 6 fully saturated rings. The Bertz CT molecular complexity index is 3050. The van der Waals surface area contributed by atoms with Gasteiger partial charge in [-0.1, -0.05) is 47.5 Å². The summed E-state index contributed by atoms with van der Waals surface area (Å²) in [5.74, 6) is -3.71. The van der Waals surface area contributed by atoms with Gasteiger partial charge < -0.3 is 57.3 Å². The maximum atomic E-state index is 7.03. The third kappa shape index (κ3) is 7.62. The van der Waals surface area contributed by atoms with E-state index in [2.05, 4.69) is 34.2 Å². The van der Waals surface area contributed by atoms with E-state index in [1.807, 2.05) is 128 Å². The zero-order valence-electron chi connectivity index (χ0n) is 39.7. The molecule has 0 aliphatic carbocycles. The molecule has 70 heavy (non-hydrogen) atoms. The van der Waals surface area contributed by atoms with E-state index in [0.717, 1.165) is 49.9 Å². The molecule has 5 aromatic rings. The SMILES string of the molecule is CC1(C)O[C@H]2[C@@H](O1)[C@@H](c1c3nc(c(-c4ccc(Cl)cc4)c4ccc([nH]4)c([C@H]4O[C@@H]5OC(C)(C)O[C@@H]5[C@H]5OC(C)(C)O[C@H]54)c4ccc([nH]4)c(-c4ccc(Cl)cc4)c4nc1C=C4)C=C3)O[C@@H]1OC(C)(C)O[C@@H]12. The molecule has 0 radical (unpaired) electrons. The zero-order valence-corrected chi connectivity index (χ0v) is 41.3. The summed E-state index contributed by atoms with van der Waals surface area (Å²) in [5, 5.41) is 1.22. The highest BCUT2D eigenvalue weighted by molar-refractivity contribution is 6.31. The number of H-pyrrole nitrogens is 2. The fraction of sp³-hybridized carbons (Fsp3) is 0.407. The Morgan fingerprint density at radius 3 is 1.16 bits per heavy atom. The van der Waals surface area contributed by atoms with Crippen molar-refractivity contribution >= 4 is 69.6 Å².